The number of nitrogens with one attached hydrogen (secondary N) is 1. The maximum absolute atomic E-state index is 12.2. The molecule has 3 aromatic rings. The van der Waals surface area contributed by atoms with Crippen LogP contribution in [0.4, 0.5) is 4.79 Å². The second-order valence-corrected chi connectivity index (χ2v) is 7.86. The normalized spacial score (nSPS) is 19.7. The Labute approximate surface area is 153 Å². The number of nitrogens with zero attached hydrogens (tertiary/aromatic N) is 1. The van der Waals surface area contributed by atoms with Gasteiger partial charge in [-0.25, -0.2) is 0 Å². The highest BCUT2D eigenvalue weighted by Gasteiger charge is 2.36. The molecule has 2 aromatic carbocycles. The molecule has 0 saturated carbocycles. The lowest BCUT2D eigenvalue weighted by Gasteiger charge is -2.11. The third kappa shape index (κ3) is 2.72. The van der Waals surface area contributed by atoms with Crippen LogP contribution >= 0.6 is 10.5 Å². The molecule has 1 aromatic heterocycles. The number of carbonyl (C=O) groups excluding carboxylic acids is 2. The fourth-order valence-corrected chi connectivity index (χ4v) is 4.58. The Kier molecular flexibility index (Phi) is 4.12. The van der Waals surface area contributed by atoms with Gasteiger partial charge in [0.1, 0.15) is 11.0 Å². The smallest absolute Gasteiger partial charge is 0.280 e. The predicted molar refractivity (Wildman–Crippen MR) is 105 cm³/mol. The zero-order chi connectivity index (χ0) is 18.3. The third-order valence-corrected chi connectivity index (χ3v) is 6.24. The maximum Gasteiger partial charge on any atom is 0.280 e. The zero-order valence-electron chi connectivity index (χ0n) is 14.3. The standard InChI is InChI=1S/C20H18N2O3S/c1-25-14-8-6-13(7-9-14)12-22-11-10-15-16(4-3-5-17(15)22)18-19(23)21-20(24)26(18)2/h3-11,18H,2,12H2,1H3,(H,21,23,24). The number of rotatable bonds is 4. The average molecular weight is 366 g/mol. The van der Waals surface area contributed by atoms with Crippen LogP contribution in [0.15, 0.2) is 54.7 Å². The van der Waals surface area contributed by atoms with Gasteiger partial charge in [-0.1, -0.05) is 40.6 Å². The van der Waals surface area contributed by atoms with Crippen molar-refractivity contribution in [3.63, 3.8) is 0 Å². The largest absolute Gasteiger partial charge is 0.497 e. The lowest BCUT2D eigenvalue weighted by Crippen LogP contribution is -2.20. The van der Waals surface area contributed by atoms with Crippen molar-refractivity contribution in [3.8, 4) is 5.75 Å². The van der Waals surface area contributed by atoms with E-state index in [1.165, 1.54) is 0 Å². The van der Waals surface area contributed by atoms with E-state index in [-0.39, 0.29) is 11.1 Å². The molecule has 1 aliphatic heterocycles. The molecule has 0 radical (unpaired) electrons. The van der Waals surface area contributed by atoms with Gasteiger partial charge < -0.3 is 9.30 Å². The number of imide groups is 1. The fourth-order valence-electron chi connectivity index (χ4n) is 3.30. The molecule has 132 valence electrons. The highest BCUT2D eigenvalue weighted by Crippen LogP contribution is 2.42. The van der Waals surface area contributed by atoms with Crippen LogP contribution in [0.25, 0.3) is 10.9 Å². The van der Waals surface area contributed by atoms with Crippen molar-refractivity contribution >= 4 is 38.4 Å². The van der Waals surface area contributed by atoms with E-state index in [9.17, 15) is 9.59 Å². The number of hydrogen-bond donors (Lipinski definition) is 1. The molecule has 0 bridgehead atoms. The number of hydrogen-bond acceptors (Lipinski definition) is 3. The molecule has 6 heteroatoms. The average Bonchev–Trinajstić information content (AvgIpc) is 3.16. The van der Waals surface area contributed by atoms with Gasteiger partial charge in [0.05, 0.1) is 7.11 Å². The van der Waals surface area contributed by atoms with E-state index in [4.69, 9.17) is 4.74 Å². The highest BCUT2D eigenvalue weighted by atomic mass is 32.2. The summed E-state index contributed by atoms with van der Waals surface area (Å²) < 4.78 is 7.33. The second kappa shape index (κ2) is 6.46. The van der Waals surface area contributed by atoms with Crippen molar-refractivity contribution in [2.24, 2.45) is 0 Å². The van der Waals surface area contributed by atoms with E-state index >= 15 is 0 Å². The number of methoxy groups -OCH3 is 1. The van der Waals surface area contributed by atoms with Gasteiger partial charge in [-0.2, -0.15) is 0 Å². The summed E-state index contributed by atoms with van der Waals surface area (Å²) in [4.78, 5) is 24.0. The molecule has 4 rings (SSSR count). The lowest BCUT2D eigenvalue weighted by atomic mass is 10.1. The molecule has 0 spiro atoms. The molecule has 2 amide bonds. The van der Waals surface area contributed by atoms with Crippen molar-refractivity contribution in [3.05, 3.63) is 65.9 Å². The van der Waals surface area contributed by atoms with E-state index in [0.29, 0.717) is 6.54 Å². The lowest BCUT2D eigenvalue weighted by molar-refractivity contribution is -0.119. The highest BCUT2D eigenvalue weighted by molar-refractivity contribution is 8.28. The number of fused-ring (bicyclic) bond motifs is 1. The summed E-state index contributed by atoms with van der Waals surface area (Å²) in [6, 6.07) is 15.8. The molecule has 1 fully saturated rings. The van der Waals surface area contributed by atoms with E-state index in [2.05, 4.69) is 15.8 Å². The first-order chi connectivity index (χ1) is 12.6. The summed E-state index contributed by atoms with van der Waals surface area (Å²) in [5.74, 6) is 4.47. The predicted octanol–water partition coefficient (Wildman–Crippen LogP) is 3.69. The Balaban J connectivity index is 1.72. The number of carbonyl (C=O) groups is 2. The minimum absolute atomic E-state index is 0.260. The topological polar surface area (TPSA) is 60.3 Å². The van der Waals surface area contributed by atoms with Crippen molar-refractivity contribution in [1.29, 1.82) is 0 Å². The van der Waals surface area contributed by atoms with Gasteiger partial charge in [-0.15, -0.1) is 0 Å². The minimum atomic E-state index is -0.898. The van der Waals surface area contributed by atoms with Gasteiger partial charge in [-0.3, -0.25) is 14.9 Å². The van der Waals surface area contributed by atoms with Crippen molar-refractivity contribution in [1.82, 2.24) is 9.88 Å². The summed E-state index contributed by atoms with van der Waals surface area (Å²) >= 11 is 0. The number of ether oxygens (including phenoxy) is 1. The molecule has 0 aliphatic carbocycles. The van der Waals surface area contributed by atoms with Gasteiger partial charge in [0, 0.05) is 23.6 Å². The monoisotopic (exact) mass is 366 g/mol. The quantitative estimate of drug-likeness (QED) is 0.717. The molecular formula is C20H18N2O3S. The molecule has 1 aliphatic rings. The van der Waals surface area contributed by atoms with Crippen LogP contribution in [0.5, 0.6) is 5.75 Å². The minimum Gasteiger partial charge on any atom is -0.497 e. The van der Waals surface area contributed by atoms with Crippen LogP contribution in [-0.2, 0) is 11.3 Å². The van der Waals surface area contributed by atoms with Crippen LogP contribution in [0.1, 0.15) is 16.4 Å². The number of amides is 2. The van der Waals surface area contributed by atoms with Crippen LogP contribution in [0.3, 0.4) is 0 Å². The number of benzene rings is 2. The summed E-state index contributed by atoms with van der Waals surface area (Å²) in [5, 5.41) is 2.58. The first-order valence-electron chi connectivity index (χ1n) is 8.17. The molecule has 1 N–H and O–H groups in total. The van der Waals surface area contributed by atoms with Crippen LogP contribution in [0.2, 0.25) is 0 Å². The van der Waals surface area contributed by atoms with Gasteiger partial charge in [-0.05, 0) is 35.4 Å². The SMILES string of the molecule is C=S1C(=O)NC(=O)C1c1cccc2c1ccn2Cc1ccc(OC)cc1. The molecule has 2 heterocycles. The first kappa shape index (κ1) is 16.6. The molecule has 2 atom stereocenters. The van der Waals surface area contributed by atoms with Gasteiger partial charge >= 0.3 is 0 Å². The molecule has 5 nitrogen and oxygen atoms in total. The van der Waals surface area contributed by atoms with E-state index < -0.39 is 15.7 Å². The summed E-state index contributed by atoms with van der Waals surface area (Å²) in [6.07, 6.45) is 2.01. The van der Waals surface area contributed by atoms with Gasteiger partial charge in [0.25, 0.3) is 5.24 Å². The first-order valence-corrected chi connectivity index (χ1v) is 9.62. The van der Waals surface area contributed by atoms with Gasteiger partial charge in [0.2, 0.25) is 5.91 Å². The van der Waals surface area contributed by atoms with Crippen LogP contribution in [-0.4, -0.2) is 28.7 Å². The molecular weight excluding hydrogens is 348 g/mol. The van der Waals surface area contributed by atoms with Crippen molar-refractivity contribution in [2.45, 2.75) is 11.8 Å². The second-order valence-electron chi connectivity index (χ2n) is 6.16. The zero-order valence-corrected chi connectivity index (χ0v) is 15.1. The van der Waals surface area contributed by atoms with Gasteiger partial charge in [0.15, 0.2) is 0 Å². The summed E-state index contributed by atoms with van der Waals surface area (Å²) in [5.41, 5.74) is 3.04. The molecule has 1 saturated heterocycles. The van der Waals surface area contributed by atoms with Crippen molar-refractivity contribution < 1.29 is 14.3 Å². The Morgan fingerprint density at radius 1 is 1.15 bits per heavy atom. The Hall–Kier alpha value is -2.86. The summed E-state index contributed by atoms with van der Waals surface area (Å²) in [7, 11) is 0.752. The fraction of sp³-hybridized carbons (Fsp3) is 0.150. The Morgan fingerprint density at radius 3 is 2.58 bits per heavy atom. The number of aromatic nitrogens is 1. The Bertz CT molecular complexity index is 1040. The van der Waals surface area contributed by atoms with E-state index in [1.54, 1.807) is 7.11 Å². The van der Waals surface area contributed by atoms with Crippen LogP contribution in [0, 0.1) is 0 Å². The van der Waals surface area contributed by atoms with Crippen molar-refractivity contribution in [2.75, 3.05) is 7.11 Å². The maximum atomic E-state index is 12.2. The molecule has 26 heavy (non-hydrogen) atoms. The van der Waals surface area contributed by atoms with Crippen LogP contribution < -0.4 is 10.1 Å². The molecule has 2 unspecified atom stereocenters. The Morgan fingerprint density at radius 2 is 1.92 bits per heavy atom. The summed E-state index contributed by atoms with van der Waals surface area (Å²) in [6.45, 7) is 0.711. The van der Waals surface area contributed by atoms with E-state index in [0.717, 1.165) is 27.8 Å². The third-order valence-electron chi connectivity index (χ3n) is 4.63. The van der Waals surface area contributed by atoms with E-state index in [1.807, 2.05) is 54.7 Å².